The Morgan fingerprint density at radius 3 is 2.52 bits per heavy atom. The van der Waals surface area contributed by atoms with Gasteiger partial charge in [0, 0.05) is 42.3 Å². The molecule has 2 aromatic rings. The summed E-state index contributed by atoms with van der Waals surface area (Å²) in [4.78, 5) is 6.75. The number of aryl methyl sites for hydroxylation is 2. The summed E-state index contributed by atoms with van der Waals surface area (Å²) in [5, 5.41) is 8.66. The minimum absolute atomic E-state index is 0.504. The van der Waals surface area contributed by atoms with Gasteiger partial charge >= 0.3 is 0 Å². The highest BCUT2D eigenvalue weighted by Gasteiger charge is 2.22. The lowest BCUT2D eigenvalue weighted by Gasteiger charge is -2.34. The van der Waals surface area contributed by atoms with Gasteiger partial charge in [0.05, 0.1) is 12.3 Å². The van der Waals surface area contributed by atoms with Crippen LogP contribution in [0.25, 0.3) is 0 Å². The second kappa shape index (κ2) is 10.2. The number of piperidine rings is 1. The van der Waals surface area contributed by atoms with E-state index in [0.717, 1.165) is 62.1 Å². The molecule has 6 nitrogen and oxygen atoms in total. The molecule has 0 bridgehead atoms. The molecule has 1 aromatic heterocycles. The number of hydrogen-bond acceptors (Lipinski definition) is 4. The quantitative estimate of drug-likeness (QED) is 0.530. The summed E-state index contributed by atoms with van der Waals surface area (Å²) in [6.45, 7) is 7.31. The Labute approximate surface area is 182 Å². The molecule has 1 N–H and O–H groups in total. The van der Waals surface area contributed by atoms with Crippen molar-refractivity contribution in [2.45, 2.75) is 33.1 Å². The molecule has 0 radical (unpaired) electrons. The summed E-state index contributed by atoms with van der Waals surface area (Å²) in [7, 11) is 1.83. The van der Waals surface area contributed by atoms with Gasteiger partial charge in [-0.2, -0.15) is 0 Å². The minimum atomic E-state index is 0.504. The van der Waals surface area contributed by atoms with E-state index in [1.54, 1.807) is 18.2 Å². The number of rotatable bonds is 6. The monoisotopic (exact) mass is 438 g/mol. The molecule has 8 heteroatoms. The first-order valence-corrected chi connectivity index (χ1v) is 10.7. The molecule has 0 unspecified atom stereocenters. The fraction of sp³-hybridized carbons (Fsp3) is 0.524. The van der Waals surface area contributed by atoms with Crippen LogP contribution < -0.4 is 10.1 Å². The summed E-state index contributed by atoms with van der Waals surface area (Å²) in [5.41, 5.74) is 2.13. The van der Waals surface area contributed by atoms with Crippen molar-refractivity contribution in [3.63, 3.8) is 0 Å². The van der Waals surface area contributed by atoms with Crippen LogP contribution in [0.4, 0.5) is 0 Å². The first-order chi connectivity index (χ1) is 14.0. The number of nitrogens with zero attached hydrogens (tertiary/aromatic N) is 3. The van der Waals surface area contributed by atoms with E-state index in [2.05, 4.69) is 20.4 Å². The topological polar surface area (TPSA) is 62.9 Å². The van der Waals surface area contributed by atoms with Crippen LogP contribution >= 0.6 is 23.2 Å². The molecular weight excluding hydrogens is 411 g/mol. The zero-order valence-electron chi connectivity index (χ0n) is 17.2. The zero-order chi connectivity index (χ0) is 20.8. The van der Waals surface area contributed by atoms with Gasteiger partial charge in [-0.05, 0) is 57.2 Å². The Bertz CT molecular complexity index is 805. The standard InChI is InChI=1S/C21H28Cl2N4O2/c1-14-20(15(2)29-26-14)4-7-25-21(24-3)27-8-5-16(6-9-27)13-28-19-11-17(22)10-18(23)12-19/h10-12,16H,4-9,13H2,1-3H3,(H,24,25). The predicted octanol–water partition coefficient (Wildman–Crippen LogP) is 4.51. The van der Waals surface area contributed by atoms with Crippen LogP contribution in [0.5, 0.6) is 5.75 Å². The van der Waals surface area contributed by atoms with Crippen LogP contribution in [0.1, 0.15) is 29.9 Å². The SMILES string of the molecule is CN=C(NCCc1c(C)noc1C)N1CCC(COc2cc(Cl)cc(Cl)c2)CC1. The van der Waals surface area contributed by atoms with E-state index in [9.17, 15) is 0 Å². The highest BCUT2D eigenvalue weighted by Crippen LogP contribution is 2.26. The van der Waals surface area contributed by atoms with Crippen molar-refractivity contribution < 1.29 is 9.26 Å². The molecule has 0 aliphatic carbocycles. The van der Waals surface area contributed by atoms with E-state index in [1.807, 2.05) is 20.9 Å². The first-order valence-electron chi connectivity index (χ1n) is 9.92. The van der Waals surface area contributed by atoms with Gasteiger partial charge in [-0.15, -0.1) is 0 Å². The highest BCUT2D eigenvalue weighted by atomic mass is 35.5. The van der Waals surface area contributed by atoms with Crippen molar-refractivity contribution in [2.24, 2.45) is 10.9 Å². The number of benzene rings is 1. The molecule has 2 heterocycles. The number of likely N-dealkylation sites (tertiary alicyclic amines) is 1. The molecule has 0 atom stereocenters. The average Bonchev–Trinajstić information content (AvgIpc) is 3.01. The van der Waals surface area contributed by atoms with Crippen LogP contribution in [0.3, 0.4) is 0 Å². The van der Waals surface area contributed by atoms with E-state index >= 15 is 0 Å². The summed E-state index contributed by atoms with van der Waals surface area (Å²) < 4.78 is 11.1. The highest BCUT2D eigenvalue weighted by molar-refractivity contribution is 6.34. The Kier molecular flexibility index (Phi) is 7.67. The second-order valence-corrected chi connectivity index (χ2v) is 8.25. The normalized spacial score (nSPS) is 15.6. The van der Waals surface area contributed by atoms with Crippen molar-refractivity contribution in [1.29, 1.82) is 0 Å². The number of halogens is 2. The zero-order valence-corrected chi connectivity index (χ0v) is 18.7. The molecule has 1 aliphatic heterocycles. The second-order valence-electron chi connectivity index (χ2n) is 7.37. The smallest absolute Gasteiger partial charge is 0.193 e. The number of guanidine groups is 1. The van der Waals surface area contributed by atoms with E-state index in [0.29, 0.717) is 22.6 Å². The number of aromatic nitrogens is 1. The van der Waals surface area contributed by atoms with Crippen LogP contribution in [0, 0.1) is 19.8 Å². The van der Waals surface area contributed by atoms with Crippen molar-refractivity contribution >= 4 is 29.2 Å². The lowest BCUT2D eigenvalue weighted by molar-refractivity contribution is 0.179. The number of aliphatic imine (C=N–C) groups is 1. The molecule has 1 aliphatic rings. The maximum Gasteiger partial charge on any atom is 0.193 e. The van der Waals surface area contributed by atoms with Crippen LogP contribution in [0.15, 0.2) is 27.7 Å². The summed E-state index contributed by atoms with van der Waals surface area (Å²) in [6.07, 6.45) is 2.98. The Hall–Kier alpha value is -1.92. The van der Waals surface area contributed by atoms with Gasteiger partial charge in [0.25, 0.3) is 0 Å². The molecule has 1 saturated heterocycles. The van der Waals surface area contributed by atoms with Gasteiger partial charge in [0.15, 0.2) is 5.96 Å². The number of hydrogen-bond donors (Lipinski definition) is 1. The van der Waals surface area contributed by atoms with Crippen LogP contribution in [0.2, 0.25) is 10.0 Å². The molecule has 1 aromatic carbocycles. The van der Waals surface area contributed by atoms with Crippen LogP contribution in [-0.2, 0) is 6.42 Å². The maximum absolute atomic E-state index is 6.03. The van der Waals surface area contributed by atoms with Gasteiger partial charge < -0.3 is 19.5 Å². The molecule has 0 spiro atoms. The Balaban J connectivity index is 1.42. The predicted molar refractivity (Wildman–Crippen MR) is 117 cm³/mol. The largest absolute Gasteiger partial charge is 0.493 e. The van der Waals surface area contributed by atoms with Gasteiger partial charge in [-0.25, -0.2) is 0 Å². The van der Waals surface area contributed by atoms with Gasteiger partial charge in [-0.1, -0.05) is 28.4 Å². The van der Waals surface area contributed by atoms with Crippen molar-refractivity contribution in [1.82, 2.24) is 15.4 Å². The van der Waals surface area contributed by atoms with Gasteiger partial charge in [-0.3, -0.25) is 4.99 Å². The fourth-order valence-electron chi connectivity index (χ4n) is 3.63. The molecular formula is C21H28Cl2N4O2. The van der Waals surface area contributed by atoms with Gasteiger partial charge in [0.2, 0.25) is 0 Å². The molecule has 1 fully saturated rings. The molecule has 3 rings (SSSR count). The molecule has 0 amide bonds. The Morgan fingerprint density at radius 2 is 1.93 bits per heavy atom. The third kappa shape index (κ3) is 6.03. The maximum atomic E-state index is 6.03. The van der Waals surface area contributed by atoms with Crippen molar-refractivity contribution in [2.75, 3.05) is 33.3 Å². The Morgan fingerprint density at radius 1 is 1.24 bits per heavy atom. The third-order valence-corrected chi connectivity index (χ3v) is 5.72. The minimum Gasteiger partial charge on any atom is -0.493 e. The van der Waals surface area contributed by atoms with Crippen LogP contribution in [-0.4, -0.2) is 49.3 Å². The molecule has 158 valence electrons. The molecule has 0 saturated carbocycles. The average molecular weight is 439 g/mol. The number of nitrogens with one attached hydrogen (secondary N) is 1. The van der Waals surface area contributed by atoms with E-state index in [1.165, 1.54) is 5.56 Å². The van der Waals surface area contributed by atoms with E-state index < -0.39 is 0 Å². The van der Waals surface area contributed by atoms with E-state index in [-0.39, 0.29) is 0 Å². The molecule has 29 heavy (non-hydrogen) atoms. The lowest BCUT2D eigenvalue weighted by Crippen LogP contribution is -2.46. The summed E-state index contributed by atoms with van der Waals surface area (Å²) >= 11 is 12.1. The van der Waals surface area contributed by atoms with Gasteiger partial charge in [0.1, 0.15) is 11.5 Å². The van der Waals surface area contributed by atoms with Crippen molar-refractivity contribution in [3.05, 3.63) is 45.3 Å². The number of ether oxygens (including phenoxy) is 1. The van der Waals surface area contributed by atoms with E-state index in [4.69, 9.17) is 32.5 Å². The lowest BCUT2D eigenvalue weighted by atomic mass is 9.98. The third-order valence-electron chi connectivity index (χ3n) is 5.29. The fourth-order valence-corrected chi connectivity index (χ4v) is 4.13. The summed E-state index contributed by atoms with van der Waals surface area (Å²) in [5.74, 6) is 3.06. The summed E-state index contributed by atoms with van der Waals surface area (Å²) in [6, 6.07) is 5.30. The first kappa shape index (κ1) is 21.8. The van der Waals surface area contributed by atoms with Crippen molar-refractivity contribution in [3.8, 4) is 5.75 Å².